The van der Waals surface area contributed by atoms with Gasteiger partial charge in [-0.2, -0.15) is 13.2 Å². The van der Waals surface area contributed by atoms with Gasteiger partial charge in [0.05, 0.1) is 11.6 Å². The Morgan fingerprint density at radius 1 is 1.05 bits per heavy atom. The Morgan fingerprint density at radius 2 is 1.75 bits per heavy atom. The third-order valence-corrected chi connectivity index (χ3v) is 7.41. The minimum Gasteiger partial charge on any atom is -0.353 e. The monoisotopic (exact) mass is 552 g/mol. The topological polar surface area (TPSA) is 104 Å². The van der Waals surface area contributed by atoms with E-state index in [1.54, 1.807) is 36.5 Å². The van der Waals surface area contributed by atoms with Crippen LogP contribution in [-0.4, -0.2) is 52.9 Å². The van der Waals surface area contributed by atoms with E-state index in [9.17, 15) is 22.8 Å². The molecule has 1 saturated heterocycles. The molecule has 210 valence electrons. The van der Waals surface area contributed by atoms with Gasteiger partial charge in [-0.15, -0.1) is 0 Å². The molecule has 1 atom stereocenters. The average molecular weight is 553 g/mol. The molecule has 1 aliphatic heterocycles. The van der Waals surface area contributed by atoms with Crippen LogP contribution in [0, 0.1) is 5.92 Å². The normalized spacial score (nSPS) is 16.5. The number of nitrogens with one attached hydrogen (secondary N) is 1. The van der Waals surface area contributed by atoms with Crippen LogP contribution in [0.1, 0.15) is 53.1 Å². The molecule has 11 heteroatoms. The Hall–Kier alpha value is -3.99. The summed E-state index contributed by atoms with van der Waals surface area (Å²) in [5, 5.41) is 2.89. The second kappa shape index (κ2) is 11.2. The number of alkyl halides is 3. The van der Waals surface area contributed by atoms with Crippen LogP contribution in [0.4, 0.5) is 19.0 Å². The fourth-order valence-corrected chi connectivity index (χ4v) is 4.87. The minimum atomic E-state index is -4.45. The summed E-state index contributed by atoms with van der Waals surface area (Å²) in [5.74, 6) is 0.660. The van der Waals surface area contributed by atoms with E-state index in [0.29, 0.717) is 48.7 Å². The van der Waals surface area contributed by atoms with E-state index >= 15 is 0 Å². The largest absolute Gasteiger partial charge is 0.416 e. The molecule has 0 spiro atoms. The molecule has 2 amide bonds. The first-order valence-corrected chi connectivity index (χ1v) is 13.3. The van der Waals surface area contributed by atoms with Gasteiger partial charge in [-0.05, 0) is 60.2 Å². The smallest absolute Gasteiger partial charge is 0.353 e. The Balaban J connectivity index is 1.23. The van der Waals surface area contributed by atoms with Crippen molar-refractivity contribution in [1.82, 2.24) is 20.2 Å². The fourth-order valence-electron chi connectivity index (χ4n) is 4.87. The van der Waals surface area contributed by atoms with E-state index in [-0.39, 0.29) is 24.2 Å². The van der Waals surface area contributed by atoms with Crippen LogP contribution in [0.2, 0.25) is 0 Å². The zero-order valence-electron chi connectivity index (χ0n) is 22.1. The predicted molar refractivity (Wildman–Crippen MR) is 144 cm³/mol. The van der Waals surface area contributed by atoms with Gasteiger partial charge in [0.15, 0.2) is 0 Å². The average Bonchev–Trinajstić information content (AvgIpc) is 3.82. The third kappa shape index (κ3) is 6.09. The molecule has 0 unspecified atom stereocenters. The summed E-state index contributed by atoms with van der Waals surface area (Å²) < 4.78 is 39.8. The standard InChI is InChI=1S/C29H31F3N6O2/c1-18(19-2-4-20(5-3-19)24-16-23(29(30,31)32)9-8-22(24)17-33)35-27(39)26-34-11-10-25(36-26)37-12-14-38(15-13-37)28(40)21-6-7-21/h2-5,8-11,16,18,21H,6-7,12-15,17,33H2,1H3,(H,35,39)/t18-/m1/s1. The molecule has 1 aliphatic carbocycles. The molecule has 0 bridgehead atoms. The maximum atomic E-state index is 13.3. The van der Waals surface area contributed by atoms with E-state index in [4.69, 9.17) is 5.73 Å². The molecular formula is C29H31F3N6O2. The van der Waals surface area contributed by atoms with E-state index in [1.165, 1.54) is 6.07 Å². The SMILES string of the molecule is C[C@@H](NC(=O)c1nccc(N2CCN(C(=O)C3CC3)CC2)n1)c1ccc(-c2cc(C(F)(F)F)ccc2CN)cc1. The highest BCUT2D eigenvalue weighted by atomic mass is 19.4. The van der Waals surface area contributed by atoms with Crippen molar-refractivity contribution in [3.05, 3.63) is 77.2 Å². The van der Waals surface area contributed by atoms with Gasteiger partial charge in [0, 0.05) is 44.8 Å². The first-order chi connectivity index (χ1) is 19.1. The number of rotatable bonds is 7. The zero-order chi connectivity index (χ0) is 28.4. The second-order valence-corrected chi connectivity index (χ2v) is 10.2. The number of amides is 2. The van der Waals surface area contributed by atoms with Gasteiger partial charge in [0.1, 0.15) is 5.82 Å². The predicted octanol–water partition coefficient (Wildman–Crippen LogP) is 4.17. The van der Waals surface area contributed by atoms with Crippen molar-refractivity contribution in [1.29, 1.82) is 0 Å². The van der Waals surface area contributed by atoms with Crippen molar-refractivity contribution < 1.29 is 22.8 Å². The molecule has 5 rings (SSSR count). The van der Waals surface area contributed by atoms with E-state index in [0.717, 1.165) is 30.5 Å². The number of hydrogen-bond donors (Lipinski definition) is 2. The second-order valence-electron chi connectivity index (χ2n) is 10.2. The van der Waals surface area contributed by atoms with Crippen LogP contribution < -0.4 is 16.0 Å². The van der Waals surface area contributed by atoms with E-state index < -0.39 is 23.7 Å². The number of carbonyl (C=O) groups is 2. The van der Waals surface area contributed by atoms with Crippen LogP contribution in [0.5, 0.6) is 0 Å². The van der Waals surface area contributed by atoms with Gasteiger partial charge in [-0.25, -0.2) is 9.97 Å². The van der Waals surface area contributed by atoms with Crippen LogP contribution >= 0.6 is 0 Å². The first kappa shape index (κ1) is 27.6. The molecule has 2 fully saturated rings. The van der Waals surface area contributed by atoms with Gasteiger partial charge in [-0.3, -0.25) is 9.59 Å². The minimum absolute atomic E-state index is 0.0361. The first-order valence-electron chi connectivity index (χ1n) is 13.3. The van der Waals surface area contributed by atoms with Gasteiger partial charge < -0.3 is 20.9 Å². The highest BCUT2D eigenvalue weighted by Crippen LogP contribution is 2.34. The van der Waals surface area contributed by atoms with Crippen molar-refractivity contribution in [2.24, 2.45) is 11.7 Å². The van der Waals surface area contributed by atoms with Crippen LogP contribution in [0.3, 0.4) is 0 Å². The molecular weight excluding hydrogens is 521 g/mol. The number of halogens is 3. The zero-order valence-corrected chi connectivity index (χ0v) is 22.1. The molecule has 1 saturated carbocycles. The van der Waals surface area contributed by atoms with Crippen molar-refractivity contribution >= 4 is 17.6 Å². The summed E-state index contributed by atoms with van der Waals surface area (Å²) in [4.78, 5) is 37.8. The quantitative estimate of drug-likeness (QED) is 0.456. The molecule has 40 heavy (non-hydrogen) atoms. The number of benzene rings is 2. The maximum absolute atomic E-state index is 13.3. The molecule has 2 aromatic carbocycles. The van der Waals surface area contributed by atoms with Crippen LogP contribution in [0.25, 0.3) is 11.1 Å². The molecule has 2 aliphatic rings. The van der Waals surface area contributed by atoms with Gasteiger partial charge >= 0.3 is 6.18 Å². The Bertz CT molecular complexity index is 1380. The lowest BCUT2D eigenvalue weighted by Crippen LogP contribution is -2.49. The summed E-state index contributed by atoms with van der Waals surface area (Å²) in [6, 6.07) is 11.9. The number of nitrogens with two attached hydrogens (primary N) is 1. The number of aromatic nitrogens is 2. The van der Waals surface area contributed by atoms with Crippen molar-refractivity contribution in [2.75, 3.05) is 31.1 Å². The number of hydrogen-bond acceptors (Lipinski definition) is 6. The Kier molecular flexibility index (Phi) is 7.75. The number of carbonyl (C=O) groups excluding carboxylic acids is 2. The van der Waals surface area contributed by atoms with E-state index in [1.807, 2.05) is 16.7 Å². The maximum Gasteiger partial charge on any atom is 0.416 e. The molecule has 1 aromatic heterocycles. The number of nitrogens with zero attached hydrogens (tertiary/aromatic N) is 4. The molecule has 2 heterocycles. The lowest BCUT2D eigenvalue weighted by atomic mass is 9.95. The molecule has 3 aromatic rings. The van der Waals surface area contributed by atoms with Crippen molar-refractivity contribution in [2.45, 2.75) is 38.5 Å². The van der Waals surface area contributed by atoms with Gasteiger partial charge in [0.2, 0.25) is 11.7 Å². The van der Waals surface area contributed by atoms with Crippen LogP contribution in [-0.2, 0) is 17.5 Å². The van der Waals surface area contributed by atoms with Crippen LogP contribution in [0.15, 0.2) is 54.7 Å². The fraction of sp³-hybridized carbons (Fsp3) is 0.379. The van der Waals surface area contributed by atoms with Gasteiger partial charge in [0.25, 0.3) is 5.91 Å². The van der Waals surface area contributed by atoms with Gasteiger partial charge in [-0.1, -0.05) is 30.3 Å². The highest BCUT2D eigenvalue weighted by Gasteiger charge is 2.35. The lowest BCUT2D eigenvalue weighted by Gasteiger charge is -2.35. The Morgan fingerprint density at radius 3 is 2.38 bits per heavy atom. The summed E-state index contributed by atoms with van der Waals surface area (Å²) >= 11 is 0. The molecule has 0 radical (unpaired) electrons. The summed E-state index contributed by atoms with van der Waals surface area (Å²) in [7, 11) is 0. The molecule has 8 nitrogen and oxygen atoms in total. The van der Waals surface area contributed by atoms with Crippen molar-refractivity contribution in [3.63, 3.8) is 0 Å². The summed E-state index contributed by atoms with van der Waals surface area (Å²) in [6.07, 6.45) is -0.944. The van der Waals surface area contributed by atoms with E-state index in [2.05, 4.69) is 15.3 Å². The number of piperazine rings is 1. The Labute approximate surface area is 230 Å². The highest BCUT2D eigenvalue weighted by molar-refractivity contribution is 5.91. The third-order valence-electron chi connectivity index (χ3n) is 7.41. The lowest BCUT2D eigenvalue weighted by molar-refractivity contribution is -0.137. The molecule has 3 N–H and O–H groups in total. The van der Waals surface area contributed by atoms with Crippen molar-refractivity contribution in [3.8, 4) is 11.1 Å². The summed E-state index contributed by atoms with van der Waals surface area (Å²) in [6.45, 7) is 4.44. The summed E-state index contributed by atoms with van der Waals surface area (Å²) in [5.41, 5.74) is 7.43. The number of anilines is 1.